The summed E-state index contributed by atoms with van der Waals surface area (Å²) in [4.78, 5) is 22.1. The van der Waals surface area contributed by atoms with Gasteiger partial charge in [0.25, 0.3) is 0 Å². The zero-order valence-corrected chi connectivity index (χ0v) is 36.9. The van der Waals surface area contributed by atoms with Gasteiger partial charge in [-0.05, 0) is 103 Å². The molecule has 2 aliphatic heterocycles. The summed E-state index contributed by atoms with van der Waals surface area (Å²) in [5.74, 6) is 0.0804. The molecule has 4 aliphatic rings. The first-order valence-electron chi connectivity index (χ1n) is 23.0. The van der Waals surface area contributed by atoms with Gasteiger partial charge in [0.1, 0.15) is 29.9 Å². The van der Waals surface area contributed by atoms with E-state index in [-0.39, 0.29) is 50.6 Å². The fourth-order valence-electron chi connectivity index (χ4n) is 10.1. The third-order valence-corrected chi connectivity index (χ3v) is 13.2. The van der Waals surface area contributed by atoms with Crippen molar-refractivity contribution in [1.29, 1.82) is 0 Å². The van der Waals surface area contributed by atoms with Crippen LogP contribution in [0.25, 0.3) is 11.1 Å². The maximum atomic E-state index is 14.3. The molecule has 11 nitrogen and oxygen atoms in total. The van der Waals surface area contributed by atoms with Crippen molar-refractivity contribution in [3.8, 4) is 28.4 Å². The number of aliphatic hydroxyl groups excluding tert-OH is 2. The van der Waals surface area contributed by atoms with Crippen LogP contribution in [0.1, 0.15) is 81.3 Å². The number of ether oxygens (including phenoxy) is 5. The van der Waals surface area contributed by atoms with Gasteiger partial charge in [-0.25, -0.2) is 4.79 Å². The molecule has 1 saturated heterocycles. The molecule has 4 aromatic rings. The van der Waals surface area contributed by atoms with Gasteiger partial charge in [-0.1, -0.05) is 103 Å². The van der Waals surface area contributed by atoms with E-state index in [4.69, 9.17) is 33.7 Å². The number of hydrogen-bond donors (Lipinski definition) is 2. The first-order chi connectivity index (χ1) is 31.4. The Balaban J connectivity index is 1.24. The molecule has 64 heavy (non-hydrogen) atoms. The number of aliphatic hydroxyl groups is 2. The van der Waals surface area contributed by atoms with Gasteiger partial charge in [-0.3, -0.25) is 0 Å². The zero-order chi connectivity index (χ0) is 44.3. The van der Waals surface area contributed by atoms with Crippen LogP contribution in [-0.2, 0) is 25.7 Å². The molecule has 0 spiro atoms. The van der Waals surface area contributed by atoms with E-state index in [2.05, 4.69) is 43.0 Å². The molecule has 0 bridgehead atoms. The molecule has 2 heterocycles. The first-order valence-corrected chi connectivity index (χ1v) is 23.0. The van der Waals surface area contributed by atoms with Crippen molar-refractivity contribution in [2.75, 3.05) is 33.5 Å². The van der Waals surface area contributed by atoms with E-state index in [1.54, 1.807) is 18.0 Å². The molecule has 11 heteroatoms. The molecule has 2 aliphatic carbocycles. The molecule has 2 fully saturated rings. The Kier molecular flexibility index (Phi) is 15.1. The lowest BCUT2D eigenvalue weighted by Crippen LogP contribution is -2.69. The number of unbranched alkanes of at least 4 members (excludes halogenated alkanes) is 2. The van der Waals surface area contributed by atoms with Crippen LogP contribution in [0.3, 0.4) is 0 Å². The summed E-state index contributed by atoms with van der Waals surface area (Å²) in [5, 5.41) is 24.9. The van der Waals surface area contributed by atoms with Crippen LogP contribution in [0.2, 0.25) is 0 Å². The Hall–Kier alpha value is -5.46. The summed E-state index contributed by atoms with van der Waals surface area (Å²) in [6, 6.07) is 33.2. The van der Waals surface area contributed by atoms with E-state index in [1.165, 1.54) is 0 Å². The number of hydrogen-bond acceptors (Lipinski definition) is 10. The van der Waals surface area contributed by atoms with Crippen molar-refractivity contribution >= 4 is 11.8 Å². The number of oxime groups is 1. The van der Waals surface area contributed by atoms with E-state index in [1.807, 2.05) is 72.8 Å². The lowest BCUT2D eigenvalue weighted by atomic mass is 9.55. The van der Waals surface area contributed by atoms with E-state index in [0.717, 1.165) is 72.8 Å². The fraction of sp³-hybridized carbons (Fsp3) is 0.434. The molecule has 2 N–H and O–H groups in total. The van der Waals surface area contributed by atoms with Crippen molar-refractivity contribution in [2.45, 2.75) is 94.9 Å². The highest BCUT2D eigenvalue weighted by Crippen LogP contribution is 2.62. The Labute approximate surface area is 377 Å². The molecule has 7 unspecified atom stereocenters. The van der Waals surface area contributed by atoms with Gasteiger partial charge in [0.15, 0.2) is 0 Å². The summed E-state index contributed by atoms with van der Waals surface area (Å²) in [7, 11) is 1.74. The first kappa shape index (κ1) is 45.1. The average Bonchev–Trinajstić information content (AvgIpc) is 3.34. The minimum Gasteiger partial charge on any atom is -0.459 e. The Morgan fingerprint density at radius 3 is 2.33 bits per heavy atom. The molecule has 0 aromatic heterocycles. The summed E-state index contributed by atoms with van der Waals surface area (Å²) in [6.45, 7) is 5.11. The minimum atomic E-state index is -1.40. The summed E-state index contributed by atoms with van der Waals surface area (Å²) >= 11 is 0. The van der Waals surface area contributed by atoms with E-state index in [0.29, 0.717) is 42.4 Å². The maximum Gasteiger partial charge on any atom is 0.410 e. The second-order valence-electron chi connectivity index (χ2n) is 17.3. The molecule has 1 amide bonds. The summed E-state index contributed by atoms with van der Waals surface area (Å²) in [5.41, 5.74) is 5.72. The Morgan fingerprint density at radius 1 is 0.891 bits per heavy atom. The second-order valence-corrected chi connectivity index (χ2v) is 17.3. The lowest BCUT2D eigenvalue weighted by Gasteiger charge is -2.59. The second kappa shape index (κ2) is 21.5. The van der Waals surface area contributed by atoms with Gasteiger partial charge in [0.2, 0.25) is 12.1 Å². The van der Waals surface area contributed by atoms with Crippen LogP contribution >= 0.6 is 0 Å². The van der Waals surface area contributed by atoms with Gasteiger partial charge >= 0.3 is 6.09 Å². The van der Waals surface area contributed by atoms with Crippen molar-refractivity contribution in [1.82, 2.24) is 4.90 Å². The van der Waals surface area contributed by atoms with Crippen LogP contribution < -0.4 is 9.47 Å². The molecule has 7 atom stereocenters. The third kappa shape index (κ3) is 10.1. The van der Waals surface area contributed by atoms with Gasteiger partial charge in [0.05, 0.1) is 24.8 Å². The standard InChI is InChI=1S/C53H62N2O9/c1-3-31-61-53-48(55(2)52(58)60-36-37-16-6-4-7-17-37)35-46(54-64-49-22-12-15-32-59-49)44-33-40(20-10-13-29-56)43(21-11-14-30-57)50(51(44)53)45-34-42(27-28-47(45)63-53)62-41-25-23-39(24-26-41)38-18-8-5-9-19-38/h3-9,16-19,23-28,33-34,40,43,48-51,56-57H,1,10-15,20-22,29-32,35-36H2,2H3. The summed E-state index contributed by atoms with van der Waals surface area (Å²) in [6.07, 6.45) is 10.6. The van der Waals surface area contributed by atoms with E-state index in [9.17, 15) is 15.0 Å². The number of nitrogens with zero attached hydrogens (tertiary/aromatic N) is 2. The number of fused-ring (bicyclic) bond motifs is 2. The van der Waals surface area contributed by atoms with Crippen LogP contribution in [0, 0.1) is 17.8 Å². The molecule has 4 aromatic carbocycles. The van der Waals surface area contributed by atoms with Gasteiger partial charge in [-0.2, -0.15) is 0 Å². The number of carbonyl (C=O) groups is 1. The van der Waals surface area contributed by atoms with E-state index < -0.39 is 30.1 Å². The predicted molar refractivity (Wildman–Crippen MR) is 246 cm³/mol. The highest BCUT2D eigenvalue weighted by molar-refractivity contribution is 6.03. The van der Waals surface area contributed by atoms with Crippen molar-refractivity contribution in [2.24, 2.45) is 22.9 Å². The zero-order valence-electron chi connectivity index (χ0n) is 36.9. The maximum absolute atomic E-state index is 14.3. The number of benzene rings is 4. The smallest absolute Gasteiger partial charge is 0.410 e. The van der Waals surface area contributed by atoms with E-state index >= 15 is 0 Å². The minimum absolute atomic E-state index is 0.0617. The highest BCUT2D eigenvalue weighted by Gasteiger charge is 2.65. The van der Waals surface area contributed by atoms with Crippen molar-refractivity contribution < 1.29 is 43.5 Å². The molecule has 1 saturated carbocycles. The Morgan fingerprint density at radius 2 is 1.61 bits per heavy atom. The van der Waals surface area contributed by atoms with Crippen LogP contribution in [0.15, 0.2) is 133 Å². The number of carbonyl (C=O) groups excluding carboxylic acids is 1. The normalized spacial score (nSPS) is 25.2. The lowest BCUT2D eigenvalue weighted by molar-refractivity contribution is -0.254. The highest BCUT2D eigenvalue weighted by atomic mass is 16.8. The number of likely N-dealkylation sites (N-methyl/N-ethyl adjacent to an activating group) is 1. The number of rotatable bonds is 19. The number of allylic oxidation sites excluding steroid dienone is 1. The topological polar surface area (TPSA) is 129 Å². The fourth-order valence-corrected chi connectivity index (χ4v) is 10.1. The van der Waals surface area contributed by atoms with Crippen molar-refractivity contribution in [3.05, 3.63) is 139 Å². The quantitative estimate of drug-likeness (QED) is 0.0538. The monoisotopic (exact) mass is 870 g/mol. The molecular weight excluding hydrogens is 809 g/mol. The van der Waals surface area contributed by atoms with Gasteiger partial charge in [0, 0.05) is 44.6 Å². The van der Waals surface area contributed by atoms with Crippen molar-refractivity contribution in [3.63, 3.8) is 0 Å². The van der Waals surface area contributed by atoms with Gasteiger partial charge < -0.3 is 43.6 Å². The molecular formula is C53H62N2O9. The SMILES string of the molecule is C=CCOC12Oc3ccc(Oc4ccc(-c5ccccc5)cc4)cc3C3C(CCCCO)C(CCCCO)C=C(C(=NOC4CCCCO4)CC1N(C)C(=O)OCc1ccccc1)C32. The molecule has 8 rings (SSSR count). The summed E-state index contributed by atoms with van der Waals surface area (Å²) < 4.78 is 32.9. The van der Waals surface area contributed by atoms with Gasteiger partial charge in [-0.15, -0.1) is 6.58 Å². The largest absolute Gasteiger partial charge is 0.459 e. The Bertz CT molecular complexity index is 2210. The number of amides is 1. The van der Waals surface area contributed by atoms with Crippen LogP contribution in [0.4, 0.5) is 4.79 Å². The predicted octanol–water partition coefficient (Wildman–Crippen LogP) is 10.6. The van der Waals surface area contributed by atoms with Crippen LogP contribution in [-0.4, -0.2) is 78.5 Å². The molecule has 0 radical (unpaired) electrons. The molecule has 338 valence electrons. The average molecular weight is 871 g/mol. The van der Waals surface area contributed by atoms with Crippen LogP contribution in [0.5, 0.6) is 17.2 Å². The third-order valence-electron chi connectivity index (χ3n) is 13.2.